The van der Waals surface area contributed by atoms with Gasteiger partial charge in [0.1, 0.15) is 11.4 Å². The Morgan fingerprint density at radius 1 is 1.31 bits per heavy atom. The number of methoxy groups -OCH3 is 1. The van der Waals surface area contributed by atoms with E-state index in [2.05, 4.69) is 36.0 Å². The molecule has 29 heavy (non-hydrogen) atoms. The second-order valence-electron chi connectivity index (χ2n) is 6.17. The monoisotopic (exact) mass is 394 g/mol. The quantitative estimate of drug-likeness (QED) is 0.481. The number of hydrogen-bond acceptors (Lipinski definition) is 8. The normalized spacial score (nSPS) is 10.8. The molecule has 0 unspecified atom stereocenters. The van der Waals surface area contributed by atoms with Gasteiger partial charge in [0.05, 0.1) is 25.5 Å². The molecule has 0 saturated carbocycles. The first-order valence-corrected chi connectivity index (χ1v) is 8.81. The molecule has 3 heterocycles. The number of H-pyrrole nitrogens is 1. The number of amides is 1. The molecule has 4 rings (SSSR count). The van der Waals surface area contributed by atoms with Crippen molar-refractivity contribution in [2.75, 3.05) is 13.7 Å². The molecule has 0 atom stereocenters. The van der Waals surface area contributed by atoms with Gasteiger partial charge in [-0.2, -0.15) is 10.1 Å². The summed E-state index contributed by atoms with van der Waals surface area (Å²) in [6.45, 7) is 2.52. The van der Waals surface area contributed by atoms with Crippen LogP contribution in [-0.4, -0.2) is 54.9 Å². The van der Waals surface area contributed by atoms with E-state index in [9.17, 15) is 4.79 Å². The first kappa shape index (κ1) is 18.3. The topological polar surface area (TPSA) is 137 Å². The first-order chi connectivity index (χ1) is 14.1. The molecule has 0 aliphatic rings. The Balaban J connectivity index is 1.33. The summed E-state index contributed by atoms with van der Waals surface area (Å²) in [5.74, 6) is 1.29. The summed E-state index contributed by atoms with van der Waals surface area (Å²) < 4.78 is 11.9. The first-order valence-electron chi connectivity index (χ1n) is 8.81. The highest BCUT2D eigenvalue weighted by Crippen LogP contribution is 2.22. The van der Waals surface area contributed by atoms with Crippen LogP contribution in [0.1, 0.15) is 16.3 Å². The van der Waals surface area contributed by atoms with Crippen molar-refractivity contribution in [3.8, 4) is 28.6 Å². The minimum absolute atomic E-state index is 0.264. The van der Waals surface area contributed by atoms with E-state index >= 15 is 0 Å². The van der Waals surface area contributed by atoms with Crippen molar-refractivity contribution in [1.29, 1.82) is 0 Å². The van der Waals surface area contributed by atoms with Crippen LogP contribution in [0.15, 0.2) is 41.1 Å². The number of nitrogens with one attached hydrogen (secondary N) is 2. The highest BCUT2D eigenvalue weighted by Gasteiger charge is 2.13. The smallest absolute Gasteiger partial charge is 0.280 e. The highest BCUT2D eigenvalue weighted by atomic mass is 16.5. The fourth-order valence-electron chi connectivity index (χ4n) is 2.65. The molecule has 3 aromatic heterocycles. The van der Waals surface area contributed by atoms with Gasteiger partial charge in [-0.3, -0.25) is 9.89 Å². The minimum atomic E-state index is -0.264. The van der Waals surface area contributed by atoms with Gasteiger partial charge in [0.15, 0.2) is 11.5 Å². The second-order valence-corrected chi connectivity index (χ2v) is 6.17. The van der Waals surface area contributed by atoms with Crippen LogP contribution in [0.5, 0.6) is 5.75 Å². The van der Waals surface area contributed by atoms with Crippen LogP contribution in [0.25, 0.3) is 22.8 Å². The zero-order chi connectivity index (χ0) is 20.2. The van der Waals surface area contributed by atoms with E-state index < -0.39 is 0 Å². The van der Waals surface area contributed by atoms with Crippen LogP contribution in [0, 0.1) is 6.92 Å². The average molecular weight is 394 g/mol. The van der Waals surface area contributed by atoms with Crippen LogP contribution in [0.4, 0.5) is 0 Å². The fraction of sp³-hybridized carbons (Fsp3) is 0.222. The Kier molecular flexibility index (Phi) is 5.01. The number of ether oxygens (including phenoxy) is 1. The zero-order valence-corrected chi connectivity index (χ0v) is 15.8. The maximum absolute atomic E-state index is 12.3. The molecule has 1 amide bonds. The lowest BCUT2D eigenvalue weighted by Crippen LogP contribution is -2.27. The molecule has 1 aromatic carbocycles. The summed E-state index contributed by atoms with van der Waals surface area (Å²) in [5.41, 5.74) is 2.35. The number of carbonyl (C=O) groups excluding carboxylic acids is 1. The molecule has 11 heteroatoms. The maximum Gasteiger partial charge on any atom is 0.280 e. The van der Waals surface area contributed by atoms with Crippen LogP contribution in [-0.2, 0) is 6.54 Å². The molecule has 0 saturated heterocycles. The molecular formula is C18H18N8O3. The van der Waals surface area contributed by atoms with E-state index in [0.717, 1.165) is 11.3 Å². The molecule has 11 nitrogen and oxygen atoms in total. The molecule has 0 aliphatic heterocycles. The molecule has 0 aliphatic carbocycles. The third kappa shape index (κ3) is 4.13. The van der Waals surface area contributed by atoms with Crippen molar-refractivity contribution < 1.29 is 14.1 Å². The number of hydrogen-bond donors (Lipinski definition) is 2. The summed E-state index contributed by atoms with van der Waals surface area (Å²) in [6, 6.07) is 9.15. The predicted octanol–water partition coefficient (Wildman–Crippen LogP) is 1.47. The number of aryl methyl sites for hydroxylation is 1. The number of carbonyl (C=O) groups is 1. The third-order valence-electron chi connectivity index (χ3n) is 4.10. The second kappa shape index (κ2) is 7.92. The van der Waals surface area contributed by atoms with Crippen molar-refractivity contribution in [3.63, 3.8) is 0 Å². The van der Waals surface area contributed by atoms with Crippen molar-refractivity contribution in [2.24, 2.45) is 0 Å². The SMILES string of the molecule is COc1cccc(-c2cc(C(=O)NCCn3cc(-c4nc(C)no4)nn3)[nH]n2)c1. The largest absolute Gasteiger partial charge is 0.497 e. The minimum Gasteiger partial charge on any atom is -0.497 e. The third-order valence-corrected chi connectivity index (χ3v) is 4.10. The van der Waals surface area contributed by atoms with E-state index in [1.165, 1.54) is 0 Å². The Labute approximate surface area is 165 Å². The molecule has 0 fully saturated rings. The van der Waals surface area contributed by atoms with Crippen molar-refractivity contribution in [3.05, 3.63) is 48.0 Å². The average Bonchev–Trinajstić information content (AvgIpc) is 3.48. The lowest BCUT2D eigenvalue weighted by molar-refractivity contribution is 0.0947. The Morgan fingerprint density at radius 3 is 3.00 bits per heavy atom. The van der Waals surface area contributed by atoms with Crippen LogP contribution in [0.3, 0.4) is 0 Å². The van der Waals surface area contributed by atoms with Gasteiger partial charge in [0, 0.05) is 12.1 Å². The van der Waals surface area contributed by atoms with Crippen molar-refractivity contribution in [2.45, 2.75) is 13.5 Å². The van der Waals surface area contributed by atoms with Crippen molar-refractivity contribution in [1.82, 2.24) is 40.6 Å². The van der Waals surface area contributed by atoms with Crippen LogP contribution in [0.2, 0.25) is 0 Å². The van der Waals surface area contributed by atoms with Gasteiger partial charge in [-0.15, -0.1) is 5.10 Å². The number of aromatic amines is 1. The van der Waals surface area contributed by atoms with E-state index in [1.54, 1.807) is 31.0 Å². The highest BCUT2D eigenvalue weighted by molar-refractivity contribution is 5.93. The predicted molar refractivity (Wildman–Crippen MR) is 101 cm³/mol. The Morgan fingerprint density at radius 2 is 2.21 bits per heavy atom. The van der Waals surface area contributed by atoms with Gasteiger partial charge in [0.2, 0.25) is 0 Å². The molecule has 2 N–H and O–H groups in total. The fourth-order valence-corrected chi connectivity index (χ4v) is 2.65. The summed E-state index contributed by atoms with van der Waals surface area (Å²) in [7, 11) is 1.60. The number of nitrogens with zero attached hydrogens (tertiary/aromatic N) is 6. The summed E-state index contributed by atoms with van der Waals surface area (Å²) in [5, 5.41) is 21.5. The van der Waals surface area contributed by atoms with E-state index in [4.69, 9.17) is 9.26 Å². The van der Waals surface area contributed by atoms with Crippen LogP contribution >= 0.6 is 0 Å². The summed E-state index contributed by atoms with van der Waals surface area (Å²) in [4.78, 5) is 16.4. The molecule has 0 bridgehead atoms. The standard InChI is InChI=1S/C18H18N8O3/c1-11-20-18(29-24-11)16-10-26(25-23-16)7-6-19-17(27)15-9-14(21-22-15)12-4-3-5-13(8-12)28-2/h3-5,8-10H,6-7H2,1-2H3,(H,19,27)(H,21,22). The number of aromatic nitrogens is 7. The molecule has 0 radical (unpaired) electrons. The van der Waals surface area contributed by atoms with E-state index in [1.807, 2.05) is 24.3 Å². The molecule has 148 valence electrons. The van der Waals surface area contributed by atoms with Gasteiger partial charge in [0.25, 0.3) is 11.8 Å². The number of rotatable bonds is 7. The van der Waals surface area contributed by atoms with E-state index in [-0.39, 0.29) is 5.91 Å². The lowest BCUT2D eigenvalue weighted by Gasteiger charge is -2.03. The molecule has 4 aromatic rings. The summed E-state index contributed by atoms with van der Waals surface area (Å²) >= 11 is 0. The van der Waals surface area contributed by atoms with Gasteiger partial charge >= 0.3 is 0 Å². The molecular weight excluding hydrogens is 376 g/mol. The van der Waals surface area contributed by atoms with Gasteiger partial charge in [-0.25, -0.2) is 4.68 Å². The van der Waals surface area contributed by atoms with Gasteiger partial charge in [-0.1, -0.05) is 22.5 Å². The van der Waals surface area contributed by atoms with Crippen LogP contribution < -0.4 is 10.1 Å². The number of benzene rings is 1. The van der Waals surface area contributed by atoms with Gasteiger partial charge < -0.3 is 14.6 Å². The van der Waals surface area contributed by atoms with E-state index in [0.29, 0.717) is 41.9 Å². The maximum atomic E-state index is 12.3. The Hall–Kier alpha value is -4.02. The Bertz CT molecular complexity index is 1130. The van der Waals surface area contributed by atoms with Crippen molar-refractivity contribution >= 4 is 5.91 Å². The van der Waals surface area contributed by atoms with Gasteiger partial charge in [-0.05, 0) is 25.1 Å². The molecule has 0 spiro atoms. The zero-order valence-electron chi connectivity index (χ0n) is 15.8. The summed E-state index contributed by atoms with van der Waals surface area (Å²) in [6.07, 6.45) is 1.68. The lowest BCUT2D eigenvalue weighted by atomic mass is 10.1.